The van der Waals surface area contributed by atoms with E-state index < -0.39 is 5.97 Å². The molecule has 2 rings (SSSR count). The van der Waals surface area contributed by atoms with Crippen LogP contribution in [-0.4, -0.2) is 25.2 Å². The molecule has 1 saturated carbocycles. The van der Waals surface area contributed by atoms with Crippen LogP contribution in [0, 0.1) is 11.3 Å². The lowest BCUT2D eigenvalue weighted by atomic mass is 9.90. The van der Waals surface area contributed by atoms with Crippen molar-refractivity contribution in [2.45, 2.75) is 25.0 Å². The van der Waals surface area contributed by atoms with Gasteiger partial charge in [-0.25, -0.2) is 4.79 Å². The van der Waals surface area contributed by atoms with Crippen LogP contribution in [0.2, 0.25) is 0 Å². The van der Waals surface area contributed by atoms with Crippen LogP contribution in [0.1, 0.15) is 28.8 Å². The number of hydrogen-bond donors (Lipinski definition) is 1. The highest BCUT2D eigenvalue weighted by molar-refractivity contribution is 5.92. The molecule has 94 valence electrons. The molecule has 0 heterocycles. The average molecular weight is 246 g/mol. The average Bonchev–Trinajstić information content (AvgIpc) is 2.36. The normalized spacial score (nSPS) is 21.6. The Morgan fingerprint density at radius 2 is 2.22 bits per heavy atom. The van der Waals surface area contributed by atoms with Gasteiger partial charge in [0.2, 0.25) is 0 Å². The second-order valence-corrected chi connectivity index (χ2v) is 4.28. The molecule has 0 aromatic heterocycles. The van der Waals surface area contributed by atoms with Gasteiger partial charge in [0.15, 0.2) is 0 Å². The first-order valence-corrected chi connectivity index (χ1v) is 5.68. The second-order valence-electron chi connectivity index (χ2n) is 4.28. The quantitative estimate of drug-likeness (QED) is 0.810. The maximum Gasteiger partial charge on any atom is 0.339 e. The van der Waals surface area contributed by atoms with Crippen molar-refractivity contribution in [2.75, 3.05) is 7.11 Å². The topological polar surface area (TPSA) is 85.3 Å². The molecule has 0 saturated heterocycles. The smallest absolute Gasteiger partial charge is 0.339 e. The van der Waals surface area contributed by atoms with E-state index in [1.54, 1.807) is 12.1 Å². The highest BCUT2D eigenvalue weighted by atomic mass is 16.5. The third-order valence-corrected chi connectivity index (χ3v) is 2.95. The van der Waals surface area contributed by atoms with Crippen LogP contribution in [0.15, 0.2) is 18.2 Å². The summed E-state index contributed by atoms with van der Waals surface area (Å²) in [7, 11) is 1.28. The van der Waals surface area contributed by atoms with Crippen molar-refractivity contribution < 1.29 is 14.3 Å². The standard InChI is InChI=1S/C13H14N2O3/c1-17-13(16)12-6-10(3-2-8(12)7-14)18-11-4-9(15)5-11/h2-3,6,9,11H,4-5,15H2,1H3/t9-,11-. The van der Waals surface area contributed by atoms with Crippen LogP contribution in [0.25, 0.3) is 0 Å². The minimum atomic E-state index is -0.540. The fraction of sp³-hybridized carbons (Fsp3) is 0.385. The van der Waals surface area contributed by atoms with Crippen LogP contribution >= 0.6 is 0 Å². The molecular formula is C13H14N2O3. The SMILES string of the molecule is COC(=O)c1cc(O[C@H]2C[C@H](N)C2)ccc1C#N. The molecule has 18 heavy (non-hydrogen) atoms. The molecule has 0 radical (unpaired) electrons. The van der Waals surface area contributed by atoms with Crippen LogP contribution in [-0.2, 0) is 4.74 Å². The Labute approximate surface area is 105 Å². The molecular weight excluding hydrogens is 232 g/mol. The van der Waals surface area contributed by atoms with Gasteiger partial charge >= 0.3 is 5.97 Å². The second kappa shape index (κ2) is 5.07. The van der Waals surface area contributed by atoms with E-state index in [1.807, 2.05) is 6.07 Å². The van der Waals surface area contributed by atoms with Gasteiger partial charge < -0.3 is 15.2 Å². The first-order chi connectivity index (χ1) is 8.63. The lowest BCUT2D eigenvalue weighted by molar-refractivity contribution is 0.0598. The third kappa shape index (κ3) is 2.44. The minimum Gasteiger partial charge on any atom is -0.490 e. The van der Waals surface area contributed by atoms with E-state index in [2.05, 4.69) is 4.74 Å². The third-order valence-electron chi connectivity index (χ3n) is 2.95. The van der Waals surface area contributed by atoms with Crippen molar-refractivity contribution in [3.05, 3.63) is 29.3 Å². The first kappa shape index (κ1) is 12.4. The number of esters is 1. The highest BCUT2D eigenvalue weighted by Gasteiger charge is 2.28. The maximum absolute atomic E-state index is 11.5. The molecule has 0 aliphatic heterocycles. The Balaban J connectivity index is 2.18. The zero-order valence-corrected chi connectivity index (χ0v) is 10.1. The number of ether oxygens (including phenoxy) is 2. The first-order valence-electron chi connectivity index (χ1n) is 5.68. The zero-order chi connectivity index (χ0) is 13.1. The number of nitrogens with zero attached hydrogens (tertiary/aromatic N) is 1. The molecule has 1 aromatic rings. The summed E-state index contributed by atoms with van der Waals surface area (Å²) < 4.78 is 10.3. The van der Waals surface area contributed by atoms with Gasteiger partial charge in [0.05, 0.1) is 18.2 Å². The molecule has 5 heteroatoms. The Hall–Kier alpha value is -2.06. The van der Waals surface area contributed by atoms with Crippen molar-refractivity contribution in [1.82, 2.24) is 0 Å². The molecule has 1 aliphatic rings. The molecule has 1 aromatic carbocycles. The largest absolute Gasteiger partial charge is 0.490 e. The van der Waals surface area contributed by atoms with Gasteiger partial charge in [-0.15, -0.1) is 0 Å². The van der Waals surface area contributed by atoms with E-state index in [4.69, 9.17) is 15.7 Å². The Kier molecular flexibility index (Phi) is 3.49. The Morgan fingerprint density at radius 1 is 1.50 bits per heavy atom. The van der Waals surface area contributed by atoms with E-state index in [0.29, 0.717) is 5.75 Å². The lowest BCUT2D eigenvalue weighted by Gasteiger charge is -2.32. The number of methoxy groups -OCH3 is 1. The fourth-order valence-corrected chi connectivity index (χ4v) is 1.87. The van der Waals surface area contributed by atoms with E-state index in [9.17, 15) is 4.79 Å². The summed E-state index contributed by atoms with van der Waals surface area (Å²) in [4.78, 5) is 11.5. The number of carbonyl (C=O) groups is 1. The summed E-state index contributed by atoms with van der Waals surface area (Å²) in [5.41, 5.74) is 6.17. The predicted molar refractivity (Wildman–Crippen MR) is 64.1 cm³/mol. The summed E-state index contributed by atoms with van der Waals surface area (Å²) in [6, 6.07) is 6.92. The van der Waals surface area contributed by atoms with Gasteiger partial charge in [-0.1, -0.05) is 0 Å². The number of benzene rings is 1. The molecule has 0 unspecified atom stereocenters. The van der Waals surface area contributed by atoms with Crippen LogP contribution < -0.4 is 10.5 Å². The molecule has 5 nitrogen and oxygen atoms in total. The van der Waals surface area contributed by atoms with Crippen molar-refractivity contribution in [3.63, 3.8) is 0 Å². The molecule has 1 fully saturated rings. The molecule has 1 aliphatic carbocycles. The number of carbonyl (C=O) groups excluding carboxylic acids is 1. The van der Waals surface area contributed by atoms with Gasteiger partial charge in [0.1, 0.15) is 17.9 Å². The van der Waals surface area contributed by atoms with E-state index in [-0.39, 0.29) is 23.3 Å². The predicted octanol–water partition coefficient (Wildman–Crippen LogP) is 1.21. The Morgan fingerprint density at radius 3 is 2.78 bits per heavy atom. The van der Waals surface area contributed by atoms with Crippen LogP contribution in [0.3, 0.4) is 0 Å². The zero-order valence-electron chi connectivity index (χ0n) is 10.1. The maximum atomic E-state index is 11.5. The van der Waals surface area contributed by atoms with Crippen molar-refractivity contribution in [2.24, 2.45) is 5.73 Å². The molecule has 2 N–H and O–H groups in total. The summed E-state index contributed by atoms with van der Waals surface area (Å²) in [5, 5.41) is 8.91. The Bertz CT molecular complexity index is 501. The van der Waals surface area contributed by atoms with Gasteiger partial charge in [-0.05, 0) is 31.0 Å². The van der Waals surface area contributed by atoms with Gasteiger partial charge in [-0.2, -0.15) is 5.26 Å². The van der Waals surface area contributed by atoms with Crippen LogP contribution in [0.5, 0.6) is 5.75 Å². The van der Waals surface area contributed by atoms with E-state index >= 15 is 0 Å². The fourth-order valence-electron chi connectivity index (χ4n) is 1.87. The van der Waals surface area contributed by atoms with Gasteiger partial charge in [0, 0.05) is 6.04 Å². The van der Waals surface area contributed by atoms with Crippen molar-refractivity contribution in [1.29, 1.82) is 5.26 Å². The van der Waals surface area contributed by atoms with Crippen LogP contribution in [0.4, 0.5) is 0 Å². The van der Waals surface area contributed by atoms with Crippen molar-refractivity contribution >= 4 is 5.97 Å². The molecule has 0 atom stereocenters. The number of nitrogens with two attached hydrogens (primary N) is 1. The van der Waals surface area contributed by atoms with E-state index in [1.165, 1.54) is 13.2 Å². The molecule has 0 amide bonds. The monoisotopic (exact) mass is 246 g/mol. The lowest BCUT2D eigenvalue weighted by Crippen LogP contribution is -2.43. The van der Waals surface area contributed by atoms with E-state index in [0.717, 1.165) is 12.8 Å². The highest BCUT2D eigenvalue weighted by Crippen LogP contribution is 2.26. The van der Waals surface area contributed by atoms with Gasteiger partial charge in [-0.3, -0.25) is 0 Å². The summed E-state index contributed by atoms with van der Waals surface area (Å²) >= 11 is 0. The summed E-state index contributed by atoms with van der Waals surface area (Å²) in [5.74, 6) is 0.0219. The number of nitriles is 1. The summed E-state index contributed by atoms with van der Waals surface area (Å²) in [6.07, 6.45) is 1.72. The number of hydrogen-bond acceptors (Lipinski definition) is 5. The summed E-state index contributed by atoms with van der Waals surface area (Å²) in [6.45, 7) is 0. The minimum absolute atomic E-state index is 0.0958. The number of rotatable bonds is 3. The molecule has 0 bridgehead atoms. The van der Waals surface area contributed by atoms with Crippen molar-refractivity contribution in [3.8, 4) is 11.8 Å². The van der Waals surface area contributed by atoms with Gasteiger partial charge in [0.25, 0.3) is 0 Å². The molecule has 0 spiro atoms.